The van der Waals surface area contributed by atoms with Crippen molar-refractivity contribution in [2.75, 3.05) is 0 Å². The molecule has 0 saturated carbocycles. The molecule has 25 heavy (non-hydrogen) atoms. The number of pyridine rings is 1. The van der Waals surface area contributed by atoms with E-state index in [0.29, 0.717) is 0 Å². The van der Waals surface area contributed by atoms with Crippen LogP contribution < -0.4 is 4.57 Å². The molecule has 3 aromatic carbocycles. The monoisotopic (exact) mass is 340 g/mol. The highest BCUT2D eigenvalue weighted by Crippen LogP contribution is 2.40. The number of hydrogen-bond acceptors (Lipinski definition) is 1. The Labute approximate surface area is 150 Å². The largest absolute Gasteiger partial charge is 0.230 e. The molecule has 2 aromatic heterocycles. The molecule has 0 aliphatic heterocycles. The number of aromatic nitrogens is 1. The van der Waals surface area contributed by atoms with Crippen molar-refractivity contribution in [1.29, 1.82) is 0 Å². The molecular weight excluding hydrogens is 322 g/mol. The summed E-state index contributed by atoms with van der Waals surface area (Å²) in [5.74, 6) is 0. The molecule has 0 N–H and O–H groups in total. The van der Waals surface area contributed by atoms with Gasteiger partial charge in [0.05, 0.1) is 5.56 Å². The summed E-state index contributed by atoms with van der Waals surface area (Å²) in [6, 6.07) is 24.2. The first-order valence-corrected chi connectivity index (χ1v) is 9.34. The zero-order valence-corrected chi connectivity index (χ0v) is 15.1. The Morgan fingerprint density at radius 2 is 1.52 bits per heavy atom. The third-order valence-corrected chi connectivity index (χ3v) is 6.20. The summed E-state index contributed by atoms with van der Waals surface area (Å²) in [5, 5.41) is 5.32. The van der Waals surface area contributed by atoms with Crippen LogP contribution in [0.4, 0.5) is 0 Å². The molecule has 2 heterocycles. The van der Waals surface area contributed by atoms with Crippen molar-refractivity contribution in [3.05, 3.63) is 78.5 Å². The topological polar surface area (TPSA) is 3.88 Å². The van der Waals surface area contributed by atoms with E-state index in [1.165, 1.54) is 47.8 Å². The van der Waals surface area contributed by atoms with E-state index in [0.717, 1.165) is 0 Å². The van der Waals surface area contributed by atoms with Crippen LogP contribution in [0.1, 0.15) is 5.56 Å². The highest BCUT2D eigenvalue weighted by Gasteiger charge is 2.20. The highest BCUT2D eigenvalue weighted by atomic mass is 32.1. The van der Waals surface area contributed by atoms with Crippen LogP contribution in [0.5, 0.6) is 0 Å². The highest BCUT2D eigenvalue weighted by molar-refractivity contribution is 7.26. The van der Waals surface area contributed by atoms with Crippen molar-refractivity contribution in [2.24, 2.45) is 7.05 Å². The quantitative estimate of drug-likeness (QED) is 0.329. The summed E-state index contributed by atoms with van der Waals surface area (Å²) in [4.78, 5) is 0. The van der Waals surface area contributed by atoms with E-state index in [9.17, 15) is 0 Å². The summed E-state index contributed by atoms with van der Waals surface area (Å²) in [7, 11) is 2.14. The molecule has 0 bridgehead atoms. The van der Waals surface area contributed by atoms with Gasteiger partial charge in [-0.3, -0.25) is 0 Å². The van der Waals surface area contributed by atoms with Crippen LogP contribution in [-0.4, -0.2) is 0 Å². The predicted octanol–water partition coefficient (Wildman–Crippen LogP) is 6.01. The molecule has 0 amide bonds. The van der Waals surface area contributed by atoms with Gasteiger partial charge in [-0.05, 0) is 41.5 Å². The molecule has 0 atom stereocenters. The summed E-state index contributed by atoms with van der Waals surface area (Å²) in [6.45, 7) is 2.19. The Bertz CT molecular complexity index is 1260. The van der Waals surface area contributed by atoms with E-state index < -0.39 is 0 Å². The van der Waals surface area contributed by atoms with Gasteiger partial charge in [-0.25, -0.2) is 0 Å². The van der Waals surface area contributed by atoms with Crippen LogP contribution in [0.25, 0.3) is 42.2 Å². The maximum atomic E-state index is 2.34. The number of fused-ring (bicyclic) bond motifs is 4. The van der Waals surface area contributed by atoms with Gasteiger partial charge in [0.2, 0.25) is 5.69 Å². The molecule has 120 valence electrons. The third kappa shape index (κ3) is 2.18. The lowest BCUT2D eigenvalue weighted by Crippen LogP contribution is -2.30. The molecule has 2 heteroatoms. The Morgan fingerprint density at radius 1 is 0.800 bits per heavy atom. The summed E-state index contributed by atoms with van der Waals surface area (Å²) >= 11 is 1.90. The first-order valence-electron chi connectivity index (χ1n) is 8.52. The van der Waals surface area contributed by atoms with E-state index >= 15 is 0 Å². The standard InChI is InChI=1S/C23H18NS/c1-15-7-3-6-10-18(15)22-23-19(11-12-24(22)2)20-13-16-8-4-5-9-17(16)14-21(20)25-23/h3-14H,1-2H3/q+1. The fourth-order valence-electron chi connectivity index (χ4n) is 3.71. The molecule has 1 nitrogen and oxygen atoms in total. The number of benzene rings is 3. The minimum absolute atomic E-state index is 1.31. The van der Waals surface area contributed by atoms with Crippen molar-refractivity contribution < 1.29 is 4.57 Å². The fraction of sp³-hybridized carbons (Fsp3) is 0.0870. The van der Waals surface area contributed by atoms with Crippen molar-refractivity contribution >= 4 is 42.3 Å². The van der Waals surface area contributed by atoms with Gasteiger partial charge < -0.3 is 0 Å². The molecule has 5 aromatic rings. The van der Waals surface area contributed by atoms with E-state index in [1.807, 2.05) is 11.3 Å². The minimum Gasteiger partial charge on any atom is -0.200 e. The van der Waals surface area contributed by atoms with Gasteiger partial charge in [0.15, 0.2) is 6.20 Å². The van der Waals surface area contributed by atoms with Gasteiger partial charge in [-0.2, -0.15) is 4.57 Å². The molecule has 0 spiro atoms. The van der Waals surface area contributed by atoms with Gasteiger partial charge in [-0.15, -0.1) is 11.3 Å². The molecule has 0 fully saturated rings. The van der Waals surface area contributed by atoms with Crippen molar-refractivity contribution in [3.8, 4) is 11.3 Å². The average molecular weight is 340 g/mol. The molecule has 0 saturated heterocycles. The van der Waals surface area contributed by atoms with Crippen LogP contribution >= 0.6 is 11.3 Å². The molecule has 0 aliphatic carbocycles. The van der Waals surface area contributed by atoms with E-state index in [-0.39, 0.29) is 0 Å². The van der Waals surface area contributed by atoms with Crippen LogP contribution in [0.2, 0.25) is 0 Å². The SMILES string of the molecule is Cc1ccccc1-c1c2sc3cc4ccccc4cc3c2cc[n+]1C. The second-order valence-corrected chi connectivity index (χ2v) is 7.68. The van der Waals surface area contributed by atoms with Crippen molar-refractivity contribution in [1.82, 2.24) is 0 Å². The van der Waals surface area contributed by atoms with Gasteiger partial charge in [0, 0.05) is 21.5 Å². The van der Waals surface area contributed by atoms with Gasteiger partial charge in [0.1, 0.15) is 11.7 Å². The Morgan fingerprint density at radius 3 is 2.32 bits per heavy atom. The van der Waals surface area contributed by atoms with E-state index in [2.05, 4.69) is 91.5 Å². The van der Waals surface area contributed by atoms with Crippen LogP contribution in [0.15, 0.2) is 72.9 Å². The fourth-order valence-corrected chi connectivity index (χ4v) is 5.04. The van der Waals surface area contributed by atoms with Crippen LogP contribution in [0, 0.1) is 6.92 Å². The van der Waals surface area contributed by atoms with Gasteiger partial charge >= 0.3 is 0 Å². The average Bonchev–Trinajstić information content (AvgIpc) is 2.98. The minimum atomic E-state index is 1.31. The predicted molar refractivity (Wildman–Crippen MR) is 108 cm³/mol. The van der Waals surface area contributed by atoms with Crippen LogP contribution in [0.3, 0.4) is 0 Å². The molecule has 0 radical (unpaired) electrons. The number of nitrogens with zero attached hydrogens (tertiary/aromatic N) is 1. The van der Waals surface area contributed by atoms with Crippen LogP contribution in [-0.2, 0) is 7.05 Å². The number of thiophene rings is 1. The van der Waals surface area contributed by atoms with Gasteiger partial charge in [0.25, 0.3) is 0 Å². The Hall–Kier alpha value is -2.71. The number of hydrogen-bond donors (Lipinski definition) is 0. The van der Waals surface area contributed by atoms with Gasteiger partial charge in [-0.1, -0.05) is 42.5 Å². The van der Waals surface area contributed by atoms with E-state index in [1.54, 1.807) is 0 Å². The normalized spacial score (nSPS) is 11.6. The molecule has 0 unspecified atom stereocenters. The summed E-state index contributed by atoms with van der Waals surface area (Å²) in [6.07, 6.45) is 2.19. The lowest BCUT2D eigenvalue weighted by Gasteiger charge is -2.05. The lowest BCUT2D eigenvalue weighted by molar-refractivity contribution is -0.659. The second kappa shape index (κ2) is 5.40. The molecule has 0 aliphatic rings. The second-order valence-electron chi connectivity index (χ2n) is 6.63. The lowest BCUT2D eigenvalue weighted by atomic mass is 10.0. The zero-order chi connectivity index (χ0) is 17.0. The summed E-state index contributed by atoms with van der Waals surface area (Å²) < 4.78 is 4.97. The molecular formula is C23H18NS+. The maximum absolute atomic E-state index is 2.34. The molecule has 5 rings (SSSR count). The smallest absolute Gasteiger partial charge is 0.200 e. The Balaban J connectivity index is 1.94. The van der Waals surface area contributed by atoms with Crippen molar-refractivity contribution in [2.45, 2.75) is 6.92 Å². The zero-order valence-electron chi connectivity index (χ0n) is 14.3. The van der Waals surface area contributed by atoms with E-state index in [4.69, 9.17) is 0 Å². The maximum Gasteiger partial charge on any atom is 0.230 e. The van der Waals surface area contributed by atoms with Crippen molar-refractivity contribution in [3.63, 3.8) is 0 Å². The number of rotatable bonds is 1. The first kappa shape index (κ1) is 14.6. The number of aryl methyl sites for hydroxylation is 2. The first-order chi connectivity index (χ1) is 12.2. The summed E-state index contributed by atoms with van der Waals surface area (Å²) in [5.41, 5.74) is 3.93. The Kier molecular flexibility index (Phi) is 3.16. The third-order valence-electron chi connectivity index (χ3n) is 5.03.